The van der Waals surface area contributed by atoms with E-state index in [2.05, 4.69) is 37.3 Å². The number of imide groups is 1. The van der Waals surface area contributed by atoms with Gasteiger partial charge in [-0.2, -0.15) is 5.01 Å². The molecular formula is C16H13Br2ClN2O3. The van der Waals surface area contributed by atoms with E-state index in [0.717, 1.165) is 11.4 Å². The number of alkyl halides is 2. The van der Waals surface area contributed by atoms with Crippen LogP contribution in [-0.4, -0.2) is 32.4 Å². The van der Waals surface area contributed by atoms with Gasteiger partial charge in [0.1, 0.15) is 0 Å². The minimum atomic E-state index is -0.494. The van der Waals surface area contributed by atoms with Gasteiger partial charge in [-0.1, -0.05) is 43.5 Å². The Labute approximate surface area is 160 Å². The summed E-state index contributed by atoms with van der Waals surface area (Å²) in [4.78, 5) is 38.0. The first-order valence-electron chi connectivity index (χ1n) is 7.62. The van der Waals surface area contributed by atoms with E-state index in [1.807, 2.05) is 0 Å². The van der Waals surface area contributed by atoms with Crippen molar-refractivity contribution in [1.82, 2.24) is 10.4 Å². The molecule has 1 aromatic carbocycles. The molecule has 3 fully saturated rings. The molecule has 1 saturated heterocycles. The number of benzene rings is 1. The van der Waals surface area contributed by atoms with Gasteiger partial charge in [0, 0.05) is 20.2 Å². The first-order valence-corrected chi connectivity index (χ1v) is 9.83. The molecule has 1 heterocycles. The molecule has 3 amide bonds. The number of nitrogens with zero attached hydrogens (tertiary/aromatic N) is 1. The van der Waals surface area contributed by atoms with E-state index >= 15 is 0 Å². The van der Waals surface area contributed by atoms with Crippen molar-refractivity contribution >= 4 is 61.2 Å². The molecule has 0 aromatic heterocycles. The monoisotopic (exact) mass is 474 g/mol. The van der Waals surface area contributed by atoms with Gasteiger partial charge in [0.05, 0.1) is 11.8 Å². The van der Waals surface area contributed by atoms with Crippen LogP contribution < -0.4 is 5.43 Å². The van der Waals surface area contributed by atoms with Gasteiger partial charge in [0.15, 0.2) is 0 Å². The lowest BCUT2D eigenvalue weighted by Crippen LogP contribution is -2.47. The standard InChI is InChI=1S/C16H13Br2ClN2O3/c17-12-8-5-9(13(12)18)11-10(8)15(23)21(16(11)24)20-14(22)6-1-3-7(19)4-2-6/h1-4,8-13H,5H2,(H,20,22)/t8-,9-,10+,11+,12-,13-/m1/s1. The summed E-state index contributed by atoms with van der Waals surface area (Å²) in [5, 5.41) is 1.42. The largest absolute Gasteiger partial charge is 0.272 e. The number of nitrogens with one attached hydrogen (secondary N) is 1. The highest BCUT2D eigenvalue weighted by Crippen LogP contribution is 2.59. The summed E-state index contributed by atoms with van der Waals surface area (Å²) in [6.45, 7) is 0. The summed E-state index contributed by atoms with van der Waals surface area (Å²) in [5.41, 5.74) is 2.81. The van der Waals surface area contributed by atoms with E-state index in [4.69, 9.17) is 11.6 Å². The fraction of sp³-hybridized carbons (Fsp3) is 0.438. The van der Waals surface area contributed by atoms with Gasteiger partial charge in [0.25, 0.3) is 17.7 Å². The average Bonchev–Trinajstić information content (AvgIpc) is 3.16. The maximum Gasteiger partial charge on any atom is 0.270 e. The Morgan fingerprint density at radius 2 is 1.54 bits per heavy atom. The molecule has 6 atom stereocenters. The molecule has 0 unspecified atom stereocenters. The maximum absolute atomic E-state index is 12.7. The molecule has 4 rings (SSSR count). The van der Waals surface area contributed by atoms with Crippen LogP contribution in [0.4, 0.5) is 0 Å². The van der Waals surface area contributed by atoms with E-state index < -0.39 is 5.91 Å². The number of hydrogen-bond donors (Lipinski definition) is 1. The highest BCUT2D eigenvalue weighted by Gasteiger charge is 2.66. The number of fused-ring (bicyclic) bond motifs is 5. The first kappa shape index (κ1) is 16.5. The van der Waals surface area contributed by atoms with Gasteiger partial charge in [-0.05, 0) is 42.5 Å². The third-order valence-corrected chi connectivity index (χ3v) is 8.77. The van der Waals surface area contributed by atoms with Gasteiger partial charge >= 0.3 is 0 Å². The molecule has 8 heteroatoms. The summed E-state index contributed by atoms with van der Waals surface area (Å²) in [6.07, 6.45) is 0.859. The van der Waals surface area contributed by atoms with Crippen molar-refractivity contribution in [2.75, 3.05) is 0 Å². The summed E-state index contributed by atoms with van der Waals surface area (Å²) in [5.74, 6) is -1.53. The number of hydrazine groups is 1. The molecule has 2 aliphatic carbocycles. The van der Waals surface area contributed by atoms with Gasteiger partial charge in [-0.25, -0.2) is 0 Å². The number of hydrogen-bond acceptors (Lipinski definition) is 3. The lowest BCUT2D eigenvalue weighted by atomic mass is 9.81. The fourth-order valence-electron chi connectivity index (χ4n) is 4.23. The minimum Gasteiger partial charge on any atom is -0.272 e. The van der Waals surface area contributed by atoms with Gasteiger partial charge in [0.2, 0.25) is 0 Å². The fourth-order valence-corrected chi connectivity index (χ4v) is 6.23. The van der Waals surface area contributed by atoms with Crippen molar-refractivity contribution in [2.45, 2.75) is 16.1 Å². The number of rotatable bonds is 2. The van der Waals surface area contributed by atoms with Crippen LogP contribution in [0.3, 0.4) is 0 Å². The van der Waals surface area contributed by atoms with E-state index in [9.17, 15) is 14.4 Å². The van der Waals surface area contributed by atoms with Crippen LogP contribution in [0.5, 0.6) is 0 Å². The minimum absolute atomic E-state index is 0.123. The zero-order valence-corrected chi connectivity index (χ0v) is 16.2. The molecule has 1 aromatic rings. The van der Waals surface area contributed by atoms with Crippen LogP contribution in [0.1, 0.15) is 16.8 Å². The van der Waals surface area contributed by atoms with Crippen molar-refractivity contribution < 1.29 is 14.4 Å². The van der Waals surface area contributed by atoms with Crippen LogP contribution >= 0.6 is 43.5 Å². The smallest absolute Gasteiger partial charge is 0.270 e. The van der Waals surface area contributed by atoms with Crippen LogP contribution in [-0.2, 0) is 9.59 Å². The van der Waals surface area contributed by atoms with Gasteiger partial charge in [-0.3, -0.25) is 19.8 Å². The second-order valence-electron chi connectivity index (χ2n) is 6.46. The van der Waals surface area contributed by atoms with Crippen LogP contribution in [0.15, 0.2) is 24.3 Å². The number of carbonyl (C=O) groups excluding carboxylic acids is 3. The molecule has 2 bridgehead atoms. The van der Waals surface area contributed by atoms with Crippen molar-refractivity contribution in [3.8, 4) is 0 Å². The number of carbonyl (C=O) groups is 3. The zero-order chi connectivity index (χ0) is 17.2. The summed E-state index contributed by atoms with van der Waals surface area (Å²) < 4.78 is 0. The zero-order valence-electron chi connectivity index (χ0n) is 12.3. The normalized spacial score (nSPS) is 37.0. The molecule has 0 radical (unpaired) electrons. The second kappa shape index (κ2) is 5.81. The van der Waals surface area contributed by atoms with Gasteiger partial charge in [-0.15, -0.1) is 0 Å². The number of amides is 3. The van der Waals surface area contributed by atoms with Crippen LogP contribution in [0.25, 0.3) is 0 Å². The first-order chi connectivity index (χ1) is 11.4. The molecule has 0 spiro atoms. The van der Waals surface area contributed by atoms with E-state index in [0.29, 0.717) is 10.6 Å². The SMILES string of the molecule is O=C(NN1C(=O)[C@H]2[C@H]3C[C@@H]([C@@H](Br)[C@@H]3Br)[C@@H]2C1=O)c1ccc(Cl)cc1. The molecule has 1 aliphatic heterocycles. The molecular weight excluding hydrogens is 463 g/mol. The summed E-state index contributed by atoms with van der Waals surface area (Å²) in [6, 6.07) is 6.28. The predicted octanol–water partition coefficient (Wildman–Crippen LogP) is 2.76. The maximum atomic E-state index is 12.7. The van der Waals surface area contributed by atoms with Crippen molar-refractivity contribution in [1.29, 1.82) is 0 Å². The Morgan fingerprint density at radius 3 is 2.04 bits per heavy atom. The number of halogens is 3. The van der Waals surface area contributed by atoms with E-state index in [1.54, 1.807) is 24.3 Å². The van der Waals surface area contributed by atoms with Crippen LogP contribution in [0.2, 0.25) is 5.02 Å². The molecule has 2 saturated carbocycles. The Balaban J connectivity index is 1.55. The topological polar surface area (TPSA) is 66.5 Å². The van der Waals surface area contributed by atoms with E-state index in [-0.39, 0.29) is 45.1 Å². The van der Waals surface area contributed by atoms with E-state index in [1.165, 1.54) is 0 Å². The molecule has 3 aliphatic rings. The lowest BCUT2D eigenvalue weighted by Gasteiger charge is -2.28. The highest BCUT2D eigenvalue weighted by molar-refractivity contribution is 9.12. The summed E-state index contributed by atoms with van der Waals surface area (Å²) in [7, 11) is 0. The van der Waals surface area contributed by atoms with Crippen molar-refractivity contribution in [3.05, 3.63) is 34.9 Å². The Hall–Kier alpha value is -0.920. The van der Waals surface area contributed by atoms with Crippen molar-refractivity contribution in [3.63, 3.8) is 0 Å². The molecule has 1 N–H and O–H groups in total. The second-order valence-corrected chi connectivity index (χ2v) is 9.01. The third-order valence-electron chi connectivity index (χ3n) is 5.31. The molecule has 24 heavy (non-hydrogen) atoms. The third kappa shape index (κ3) is 2.28. The van der Waals surface area contributed by atoms with Crippen molar-refractivity contribution in [2.24, 2.45) is 23.7 Å². The van der Waals surface area contributed by atoms with Gasteiger partial charge < -0.3 is 0 Å². The Kier molecular flexibility index (Phi) is 4.01. The Bertz CT molecular complexity index is 709. The average molecular weight is 477 g/mol. The van der Waals surface area contributed by atoms with Crippen LogP contribution in [0, 0.1) is 23.7 Å². The predicted molar refractivity (Wildman–Crippen MR) is 94.8 cm³/mol. The molecule has 126 valence electrons. The summed E-state index contributed by atoms with van der Waals surface area (Å²) >= 11 is 13.1. The lowest BCUT2D eigenvalue weighted by molar-refractivity contribution is -0.143. The highest BCUT2D eigenvalue weighted by atomic mass is 79.9. The Morgan fingerprint density at radius 1 is 1.04 bits per heavy atom. The molecule has 5 nitrogen and oxygen atoms in total. The quantitative estimate of drug-likeness (QED) is 0.527.